The van der Waals surface area contributed by atoms with E-state index in [1.54, 1.807) is 51.1 Å². The number of esters is 1. The van der Waals surface area contributed by atoms with Gasteiger partial charge < -0.3 is 28.7 Å². The first-order chi connectivity index (χ1) is 16.8. The molecule has 1 amide bonds. The zero-order valence-electron chi connectivity index (χ0n) is 20.4. The Morgan fingerprint density at radius 3 is 2.58 bits per heavy atom. The van der Waals surface area contributed by atoms with Gasteiger partial charge >= 0.3 is 12.6 Å². The summed E-state index contributed by atoms with van der Waals surface area (Å²) in [5, 5.41) is 24.6. The number of nitrogens with one attached hydrogen (secondary N) is 1. The minimum atomic E-state index is -3.42. The number of rotatable bonds is 10. The number of amides is 1. The third kappa shape index (κ3) is 6.77. The third-order valence-corrected chi connectivity index (χ3v) is 7.98. The first-order valence-electron chi connectivity index (χ1n) is 11.4. The number of aliphatic hydroxyl groups excluding tert-OH is 1. The molecule has 3 rings (SSSR count). The molecule has 2 aliphatic rings. The Kier molecular flexibility index (Phi) is 9.05. The van der Waals surface area contributed by atoms with E-state index >= 15 is 0 Å². The first kappa shape index (κ1) is 28.4. The minimum absolute atomic E-state index is 0.332. The number of para-hydroxylation sites is 1. The molecular weight excluding hydrogens is 511 g/mol. The number of benzene rings is 1. The molecule has 2 heterocycles. The second-order valence-electron chi connectivity index (χ2n) is 8.99. The second-order valence-corrected chi connectivity index (χ2v) is 12.1. The lowest BCUT2D eigenvalue weighted by atomic mass is 9.95. The second kappa shape index (κ2) is 11.5. The van der Waals surface area contributed by atoms with Crippen molar-refractivity contribution in [3.63, 3.8) is 0 Å². The van der Waals surface area contributed by atoms with Gasteiger partial charge in [0.05, 0.1) is 19.1 Å². The van der Waals surface area contributed by atoms with Gasteiger partial charge in [-0.3, -0.25) is 19.3 Å². The van der Waals surface area contributed by atoms with E-state index in [0.29, 0.717) is 5.75 Å². The van der Waals surface area contributed by atoms with E-state index in [4.69, 9.17) is 30.3 Å². The van der Waals surface area contributed by atoms with Crippen LogP contribution in [0.2, 0.25) is 0 Å². The summed E-state index contributed by atoms with van der Waals surface area (Å²) in [5.74, 6) is -1.10. The summed E-state index contributed by atoms with van der Waals surface area (Å²) in [5.41, 5.74) is -1.88. The molecular formula is C23H31N2O9PS. The van der Waals surface area contributed by atoms with E-state index in [1.165, 1.54) is 19.2 Å². The van der Waals surface area contributed by atoms with Gasteiger partial charge in [-0.25, -0.2) is 5.09 Å². The van der Waals surface area contributed by atoms with Crippen LogP contribution in [0, 0.1) is 0 Å². The van der Waals surface area contributed by atoms with Gasteiger partial charge in [-0.1, -0.05) is 18.2 Å². The zero-order valence-corrected chi connectivity index (χ0v) is 22.1. The fourth-order valence-electron chi connectivity index (χ4n) is 3.64. The van der Waals surface area contributed by atoms with Crippen LogP contribution >= 0.6 is 6.64 Å². The van der Waals surface area contributed by atoms with Crippen molar-refractivity contribution in [3.8, 4) is 5.75 Å². The third-order valence-electron chi connectivity index (χ3n) is 5.48. The van der Waals surface area contributed by atoms with Crippen molar-refractivity contribution in [2.24, 2.45) is 0 Å². The summed E-state index contributed by atoms with van der Waals surface area (Å²) >= 11 is 5.64. The van der Waals surface area contributed by atoms with Crippen LogP contribution < -0.4 is 9.61 Å². The van der Waals surface area contributed by atoms with Gasteiger partial charge in [0.25, 0.3) is 0 Å². The smallest absolute Gasteiger partial charge is 0.323 e. The molecule has 1 saturated heterocycles. The highest BCUT2D eigenvalue weighted by Gasteiger charge is 2.55. The summed E-state index contributed by atoms with van der Waals surface area (Å²) in [6, 6.07) is 7.74. The lowest BCUT2D eigenvalue weighted by molar-refractivity contribution is -0.158. The van der Waals surface area contributed by atoms with Crippen molar-refractivity contribution in [1.29, 1.82) is 0 Å². The molecule has 0 bridgehead atoms. The van der Waals surface area contributed by atoms with E-state index in [0.717, 1.165) is 4.90 Å². The number of hydrogen-bond acceptors (Lipinski definition) is 10. The average molecular weight is 543 g/mol. The molecule has 6 atom stereocenters. The Labute approximate surface area is 214 Å². The lowest BCUT2D eigenvalue weighted by Gasteiger charge is -2.34. The monoisotopic (exact) mass is 542 g/mol. The van der Waals surface area contributed by atoms with Gasteiger partial charge in [-0.05, 0) is 57.7 Å². The van der Waals surface area contributed by atoms with Crippen LogP contribution in [0.5, 0.6) is 5.75 Å². The van der Waals surface area contributed by atoms with E-state index in [2.05, 4.69) is 5.09 Å². The molecule has 0 saturated carbocycles. The van der Waals surface area contributed by atoms with E-state index in [-0.39, 0.29) is 24.9 Å². The zero-order chi connectivity index (χ0) is 26.7. The van der Waals surface area contributed by atoms with Crippen LogP contribution in [-0.2, 0) is 40.2 Å². The van der Waals surface area contributed by atoms with Gasteiger partial charge in [0, 0.05) is 6.20 Å². The van der Waals surface area contributed by atoms with Crippen molar-refractivity contribution >= 4 is 36.1 Å². The number of aliphatic hydroxyl groups is 2. The maximum absolute atomic E-state index is 12.4. The van der Waals surface area contributed by atoms with Crippen molar-refractivity contribution in [1.82, 2.24) is 9.99 Å². The highest BCUT2D eigenvalue weighted by Crippen LogP contribution is 2.46. The SMILES string of the molecule is CC(C)OC(=O)[C@H](C)NP(=S)(OC[C@H]1O[C@@H](N2C=CC(=O)CC2=O)[C@](C)(O)[C@@H]1O)Oc1ccccc1. The Morgan fingerprint density at radius 1 is 1.31 bits per heavy atom. The highest BCUT2D eigenvalue weighted by molar-refractivity contribution is 8.09. The summed E-state index contributed by atoms with van der Waals surface area (Å²) in [4.78, 5) is 37.3. The van der Waals surface area contributed by atoms with Crippen molar-refractivity contribution < 1.29 is 43.1 Å². The largest absolute Gasteiger partial charge is 0.462 e. The van der Waals surface area contributed by atoms with Crippen LogP contribution in [0.3, 0.4) is 0 Å². The lowest BCUT2D eigenvalue weighted by Crippen LogP contribution is -2.54. The molecule has 11 nitrogen and oxygen atoms in total. The normalized spacial score (nSPS) is 28.8. The van der Waals surface area contributed by atoms with E-state index in [9.17, 15) is 24.6 Å². The predicted octanol–water partition coefficient (Wildman–Crippen LogP) is 1.39. The van der Waals surface area contributed by atoms with Crippen LogP contribution in [0.1, 0.15) is 34.1 Å². The van der Waals surface area contributed by atoms with Gasteiger partial charge in [-0.15, -0.1) is 0 Å². The Morgan fingerprint density at radius 2 is 1.97 bits per heavy atom. The summed E-state index contributed by atoms with van der Waals surface area (Å²) in [6.07, 6.45) is -2.13. The molecule has 0 aliphatic carbocycles. The summed E-state index contributed by atoms with van der Waals surface area (Å²) in [7, 11) is 0. The average Bonchev–Trinajstić information content (AvgIpc) is 3.01. The predicted molar refractivity (Wildman–Crippen MR) is 132 cm³/mol. The molecule has 0 aromatic heterocycles. The quantitative estimate of drug-likeness (QED) is 0.224. The van der Waals surface area contributed by atoms with Crippen LogP contribution in [-0.4, -0.2) is 75.6 Å². The molecule has 36 heavy (non-hydrogen) atoms. The Hall–Kier alpha value is -2.18. The molecule has 3 N–H and O–H groups in total. The molecule has 1 unspecified atom stereocenters. The standard InChI is InChI=1S/C23H31N2O9PS/c1-14(2)32-21(29)15(3)24-35(36,34-17-8-6-5-7-9-17)31-13-18-20(28)23(4,30)22(33-18)25-11-10-16(26)12-19(25)27/h5-11,14-15,18,20,22,28,30H,12-13H2,1-4H3,(H,24,36)/t15-,18+,20+,22+,23+,35?/m0/s1. The number of ketones is 1. The molecule has 0 radical (unpaired) electrons. The fraction of sp³-hybridized carbons (Fsp3) is 0.522. The number of carbonyl (C=O) groups excluding carboxylic acids is 3. The Bertz CT molecular complexity index is 1050. The van der Waals surface area contributed by atoms with Crippen LogP contribution in [0.25, 0.3) is 0 Å². The Balaban J connectivity index is 1.76. The molecule has 198 valence electrons. The maximum atomic E-state index is 12.4. The topological polar surface area (TPSA) is 144 Å². The molecule has 1 aromatic rings. The first-order valence-corrected chi connectivity index (χ1v) is 14.0. The van der Waals surface area contributed by atoms with Gasteiger partial charge in [-0.2, -0.15) is 0 Å². The molecule has 2 aliphatic heterocycles. The van der Waals surface area contributed by atoms with Gasteiger partial charge in [0.1, 0.15) is 29.6 Å². The fourth-order valence-corrected chi connectivity index (χ4v) is 6.06. The number of allylic oxidation sites excluding steroid dienone is 1. The van der Waals surface area contributed by atoms with E-state index in [1.807, 2.05) is 0 Å². The molecule has 0 spiro atoms. The van der Waals surface area contributed by atoms with E-state index < -0.39 is 48.6 Å². The molecule has 13 heteroatoms. The van der Waals surface area contributed by atoms with Crippen LogP contribution in [0.15, 0.2) is 42.6 Å². The number of nitrogens with zero attached hydrogens (tertiary/aromatic N) is 1. The summed E-state index contributed by atoms with van der Waals surface area (Å²) in [6.45, 7) is 2.56. The minimum Gasteiger partial charge on any atom is -0.462 e. The highest BCUT2D eigenvalue weighted by atomic mass is 32.5. The number of carbonyl (C=O) groups is 3. The summed E-state index contributed by atoms with van der Waals surface area (Å²) < 4.78 is 22.8. The molecule has 1 aromatic carbocycles. The number of ether oxygens (including phenoxy) is 2. The number of hydrogen-bond donors (Lipinski definition) is 3. The van der Waals surface area contributed by atoms with Crippen LogP contribution in [0.4, 0.5) is 0 Å². The molecule has 1 fully saturated rings. The van der Waals surface area contributed by atoms with Gasteiger partial charge in [0.15, 0.2) is 12.0 Å². The van der Waals surface area contributed by atoms with Crippen molar-refractivity contribution in [2.75, 3.05) is 6.61 Å². The van der Waals surface area contributed by atoms with Gasteiger partial charge in [0.2, 0.25) is 5.91 Å². The maximum Gasteiger partial charge on any atom is 0.323 e. The van der Waals surface area contributed by atoms with Crippen molar-refractivity contribution in [3.05, 3.63) is 42.6 Å². The van der Waals surface area contributed by atoms with Crippen molar-refractivity contribution in [2.45, 2.75) is 70.3 Å².